The fourth-order valence-electron chi connectivity index (χ4n) is 0.604. The van der Waals surface area contributed by atoms with Crippen molar-refractivity contribution in [3.8, 4) is 0 Å². The fraction of sp³-hybridized carbons (Fsp3) is 0.333. The molecule has 3 nitrogen and oxygen atoms in total. The molecule has 0 unspecified atom stereocenters. The van der Waals surface area contributed by atoms with Gasteiger partial charge in [0.05, 0.1) is 0 Å². The molecule has 0 amide bonds. The predicted molar refractivity (Wildman–Crippen MR) is 50.9 cm³/mol. The van der Waals surface area contributed by atoms with Crippen LogP contribution >= 0.6 is 7.28 Å². The third-order valence-corrected chi connectivity index (χ3v) is 3.02. The van der Waals surface area contributed by atoms with Crippen molar-refractivity contribution in [2.45, 2.75) is 0 Å². The molecule has 0 aromatic heterocycles. The van der Waals surface area contributed by atoms with E-state index in [4.69, 9.17) is 14.7 Å². The zero-order valence-corrected chi connectivity index (χ0v) is 6.67. The van der Waals surface area contributed by atoms with Gasteiger partial charge in [-0.05, 0) is 0 Å². The van der Waals surface area contributed by atoms with Crippen LogP contribution in [0.4, 0.5) is 0 Å². The van der Waals surface area contributed by atoms with Crippen molar-refractivity contribution in [3.05, 3.63) is 25.3 Å². The second kappa shape index (κ2) is 4.73. The average molecular weight is 188 g/mol. The van der Waals surface area contributed by atoms with Gasteiger partial charge in [0.15, 0.2) is 0 Å². The van der Waals surface area contributed by atoms with E-state index in [-0.39, 0.29) is 41.9 Å². The van der Waals surface area contributed by atoms with Crippen LogP contribution in [0.15, 0.2) is 25.3 Å². The molecule has 3 N–H and O–H groups in total. The summed E-state index contributed by atoms with van der Waals surface area (Å²) in [5.74, 6) is 0. The van der Waals surface area contributed by atoms with E-state index >= 15 is 0 Å². The monoisotopic (exact) mass is 188 g/mol. The van der Waals surface area contributed by atoms with Crippen LogP contribution < -0.4 is 0 Å². The molecule has 0 aliphatic heterocycles. The first-order chi connectivity index (χ1) is 4.39. The molecule has 0 fully saturated rings. The number of rotatable bonds is 4. The molecule has 0 saturated carbocycles. The summed E-state index contributed by atoms with van der Waals surface area (Å²) < 4.78 is 0. The first-order valence-corrected chi connectivity index (χ1v) is 5.33. The molecule has 0 rings (SSSR count). The second-order valence-corrected chi connectivity index (χ2v) is 5.69. The summed E-state index contributed by atoms with van der Waals surface area (Å²) in [5, 5.41) is 0. The van der Waals surface area contributed by atoms with E-state index in [1.54, 1.807) is 0 Å². The van der Waals surface area contributed by atoms with Crippen LogP contribution in [0.5, 0.6) is 0 Å². The van der Waals surface area contributed by atoms with Crippen LogP contribution in [0, 0.1) is 0 Å². The fourth-order valence-corrected chi connectivity index (χ4v) is 1.81. The van der Waals surface area contributed by atoms with Gasteiger partial charge in [0.25, 0.3) is 0 Å². The molecular formula is C6H14NaO3P. The van der Waals surface area contributed by atoms with Gasteiger partial charge in [-0.1, -0.05) is 0 Å². The van der Waals surface area contributed by atoms with Gasteiger partial charge in [0.1, 0.15) is 0 Å². The Bertz CT molecular complexity index is 136. The molecule has 5 heteroatoms. The quantitative estimate of drug-likeness (QED) is 0.330. The molecule has 0 aromatic rings. The third-order valence-electron chi connectivity index (χ3n) is 1.01. The summed E-state index contributed by atoms with van der Waals surface area (Å²) in [6, 6.07) is 0. The Labute approximate surface area is 88.9 Å². The molecule has 0 aliphatic rings. The Morgan fingerprint density at radius 1 is 1.00 bits per heavy atom. The molecule has 0 atom stereocenters. The van der Waals surface area contributed by atoms with E-state index < -0.39 is 7.28 Å². The van der Waals surface area contributed by atoms with Gasteiger partial charge in [0.2, 0.25) is 0 Å². The Morgan fingerprint density at radius 3 is 1.45 bits per heavy atom. The molecule has 11 heavy (non-hydrogen) atoms. The van der Waals surface area contributed by atoms with Crippen LogP contribution in [0.2, 0.25) is 0 Å². The Morgan fingerprint density at radius 2 is 1.27 bits per heavy atom. The summed E-state index contributed by atoms with van der Waals surface area (Å²) in [5.41, 5.74) is 0. The van der Waals surface area contributed by atoms with Crippen molar-refractivity contribution >= 4 is 36.8 Å². The van der Waals surface area contributed by atoms with Crippen LogP contribution in [-0.4, -0.2) is 56.6 Å². The zero-order valence-electron chi connectivity index (χ0n) is 5.77. The van der Waals surface area contributed by atoms with Crippen LogP contribution in [0.25, 0.3) is 0 Å². The maximum absolute atomic E-state index is 9.08. The van der Waals surface area contributed by atoms with Gasteiger partial charge in [-0.3, -0.25) is 0 Å². The van der Waals surface area contributed by atoms with E-state index in [1.165, 1.54) is 12.2 Å². The standard InChI is InChI=1S/C6H13O3P.Na.H/c1-3-5-10(7,8,9)6-4-2;;/h3-4,7-9H,1-2,5-6H2;;. The van der Waals surface area contributed by atoms with E-state index in [1.807, 2.05) is 0 Å². The molecule has 0 bridgehead atoms. The van der Waals surface area contributed by atoms with E-state index in [0.29, 0.717) is 0 Å². The first kappa shape index (κ1) is 14.3. The molecule has 0 spiro atoms. The second-order valence-electron chi connectivity index (χ2n) is 2.28. The van der Waals surface area contributed by atoms with Gasteiger partial charge >= 0.3 is 89.2 Å². The van der Waals surface area contributed by atoms with Gasteiger partial charge in [0, 0.05) is 0 Å². The number of allylic oxidation sites excluding steroid dienone is 2. The third kappa shape index (κ3) is 7.16. The van der Waals surface area contributed by atoms with Crippen molar-refractivity contribution in [1.82, 2.24) is 0 Å². The molecule has 0 heterocycles. The first-order valence-electron chi connectivity index (χ1n) is 2.87. The molecule has 62 valence electrons. The van der Waals surface area contributed by atoms with E-state index in [9.17, 15) is 0 Å². The summed E-state index contributed by atoms with van der Waals surface area (Å²) in [7, 11) is -4.40. The molecule has 0 aromatic carbocycles. The van der Waals surface area contributed by atoms with Crippen molar-refractivity contribution in [1.29, 1.82) is 0 Å². The summed E-state index contributed by atoms with van der Waals surface area (Å²) in [4.78, 5) is 27.2. The zero-order chi connectivity index (χ0) is 8.28. The summed E-state index contributed by atoms with van der Waals surface area (Å²) in [6.07, 6.45) is 2.22. The van der Waals surface area contributed by atoms with Crippen LogP contribution in [0.1, 0.15) is 0 Å². The molecule has 0 aliphatic carbocycles. The Balaban J connectivity index is 0. The average Bonchev–Trinajstić information content (AvgIpc) is 1.61. The van der Waals surface area contributed by atoms with Crippen molar-refractivity contribution < 1.29 is 14.7 Å². The number of hydrogen-bond acceptors (Lipinski definition) is 3. The van der Waals surface area contributed by atoms with Crippen LogP contribution in [0.3, 0.4) is 0 Å². The SMILES string of the molecule is C=CCP(O)(O)(O)CC=C.[NaH]. The van der Waals surface area contributed by atoms with Gasteiger partial charge < -0.3 is 0 Å². The molecule has 0 saturated heterocycles. The normalized spacial score (nSPS) is 13.9. The Hall–Kier alpha value is 0.790. The van der Waals surface area contributed by atoms with Crippen LogP contribution in [-0.2, 0) is 0 Å². The van der Waals surface area contributed by atoms with E-state index in [0.717, 1.165) is 0 Å². The summed E-state index contributed by atoms with van der Waals surface area (Å²) >= 11 is 0. The number of hydrogen-bond donors (Lipinski definition) is 3. The molecule has 0 radical (unpaired) electrons. The van der Waals surface area contributed by atoms with Gasteiger partial charge in [-0.15, -0.1) is 0 Å². The maximum atomic E-state index is 9.08. The predicted octanol–water partition coefficient (Wildman–Crippen LogP) is -0.0149. The summed E-state index contributed by atoms with van der Waals surface area (Å²) in [6.45, 7) is 6.58. The van der Waals surface area contributed by atoms with Crippen molar-refractivity contribution in [3.63, 3.8) is 0 Å². The topological polar surface area (TPSA) is 60.7 Å². The Kier molecular flexibility index (Phi) is 6.16. The van der Waals surface area contributed by atoms with Crippen molar-refractivity contribution in [2.75, 3.05) is 12.3 Å². The minimum atomic E-state index is -4.40. The van der Waals surface area contributed by atoms with Gasteiger partial charge in [-0.2, -0.15) is 0 Å². The molecular weight excluding hydrogens is 174 g/mol. The van der Waals surface area contributed by atoms with E-state index in [2.05, 4.69) is 13.2 Å². The van der Waals surface area contributed by atoms with Crippen molar-refractivity contribution in [2.24, 2.45) is 0 Å². The minimum absolute atomic E-state index is 0. The van der Waals surface area contributed by atoms with Gasteiger partial charge in [-0.25, -0.2) is 0 Å².